The third-order valence-electron chi connectivity index (χ3n) is 2.06. The van der Waals surface area contributed by atoms with Crippen LogP contribution in [0.5, 0.6) is 11.5 Å². The number of hydrogen-bond acceptors (Lipinski definition) is 3. The molecule has 0 aromatic heterocycles. The lowest BCUT2D eigenvalue weighted by atomic mass is 10.1. The molecule has 3 heteroatoms. The van der Waals surface area contributed by atoms with Crippen LogP contribution >= 0.6 is 11.8 Å². The van der Waals surface area contributed by atoms with Gasteiger partial charge in [0.1, 0.15) is 0 Å². The Balaban J connectivity index is 2.60. The van der Waals surface area contributed by atoms with Crippen molar-refractivity contribution < 1.29 is 9.84 Å². The summed E-state index contributed by atoms with van der Waals surface area (Å²) < 4.78 is 5.04. The summed E-state index contributed by atoms with van der Waals surface area (Å²) in [6.07, 6.45) is 4.31. The number of thioether (sulfide) groups is 1. The monoisotopic (exact) mass is 212 g/mol. The van der Waals surface area contributed by atoms with Crippen LogP contribution in [0, 0.1) is 0 Å². The largest absolute Gasteiger partial charge is 0.504 e. The smallest absolute Gasteiger partial charge is 0.160 e. The summed E-state index contributed by atoms with van der Waals surface area (Å²) in [7, 11) is 1.57. The molecule has 0 spiro atoms. The van der Waals surface area contributed by atoms with E-state index in [1.165, 1.54) is 11.3 Å². The van der Waals surface area contributed by atoms with E-state index in [1.54, 1.807) is 13.2 Å². The van der Waals surface area contributed by atoms with Gasteiger partial charge in [0.2, 0.25) is 0 Å². The SMILES string of the molecule is COc1cc(CCCSC)ccc1O. The Morgan fingerprint density at radius 1 is 1.43 bits per heavy atom. The molecule has 2 nitrogen and oxygen atoms in total. The van der Waals surface area contributed by atoms with E-state index in [0.717, 1.165) is 12.8 Å². The minimum absolute atomic E-state index is 0.209. The van der Waals surface area contributed by atoms with Crippen molar-refractivity contribution in [2.24, 2.45) is 0 Å². The summed E-state index contributed by atoms with van der Waals surface area (Å²) in [6, 6.07) is 5.53. The number of methoxy groups -OCH3 is 1. The van der Waals surface area contributed by atoms with Gasteiger partial charge in [-0.15, -0.1) is 0 Å². The average Bonchev–Trinajstić information content (AvgIpc) is 2.21. The van der Waals surface area contributed by atoms with Crippen LogP contribution in [0.4, 0.5) is 0 Å². The standard InChI is InChI=1S/C11H16O2S/c1-13-11-8-9(4-3-7-14-2)5-6-10(11)12/h5-6,8,12H,3-4,7H2,1-2H3. The van der Waals surface area contributed by atoms with Crippen molar-refractivity contribution in [2.75, 3.05) is 19.1 Å². The second-order valence-corrected chi connectivity index (χ2v) is 4.09. The quantitative estimate of drug-likeness (QED) is 0.761. The minimum atomic E-state index is 0.209. The lowest BCUT2D eigenvalue weighted by Crippen LogP contribution is -1.90. The molecule has 0 radical (unpaired) electrons. The Labute approximate surface area is 89.3 Å². The van der Waals surface area contributed by atoms with Crippen molar-refractivity contribution in [3.8, 4) is 11.5 Å². The number of ether oxygens (including phenoxy) is 1. The molecule has 0 atom stereocenters. The van der Waals surface area contributed by atoms with Crippen molar-refractivity contribution in [3.63, 3.8) is 0 Å². The predicted octanol–water partition coefficient (Wildman–Crippen LogP) is 2.70. The van der Waals surface area contributed by atoms with Gasteiger partial charge in [-0.25, -0.2) is 0 Å². The lowest BCUT2D eigenvalue weighted by molar-refractivity contribution is 0.373. The molecule has 0 amide bonds. The van der Waals surface area contributed by atoms with E-state index in [9.17, 15) is 5.11 Å². The first-order valence-corrected chi connectivity index (χ1v) is 6.02. The molecule has 78 valence electrons. The van der Waals surface area contributed by atoms with Gasteiger partial charge in [0.25, 0.3) is 0 Å². The van der Waals surface area contributed by atoms with Gasteiger partial charge >= 0.3 is 0 Å². The van der Waals surface area contributed by atoms with Gasteiger partial charge in [-0.05, 0) is 42.5 Å². The molecule has 14 heavy (non-hydrogen) atoms. The first-order chi connectivity index (χ1) is 6.77. The molecule has 0 unspecified atom stereocenters. The number of aryl methyl sites for hydroxylation is 1. The fourth-order valence-electron chi connectivity index (χ4n) is 1.30. The zero-order chi connectivity index (χ0) is 10.4. The Morgan fingerprint density at radius 3 is 2.86 bits per heavy atom. The van der Waals surface area contributed by atoms with Crippen molar-refractivity contribution in [1.82, 2.24) is 0 Å². The average molecular weight is 212 g/mol. The highest BCUT2D eigenvalue weighted by molar-refractivity contribution is 7.98. The van der Waals surface area contributed by atoms with Gasteiger partial charge in [0.05, 0.1) is 7.11 Å². The molecule has 1 rings (SSSR count). The summed E-state index contributed by atoms with van der Waals surface area (Å²) in [5, 5.41) is 9.38. The molecule has 0 aliphatic heterocycles. The van der Waals surface area contributed by atoms with E-state index < -0.39 is 0 Å². The Hall–Kier alpha value is -0.830. The molecule has 0 bridgehead atoms. The summed E-state index contributed by atoms with van der Waals surface area (Å²) in [5.41, 5.74) is 1.22. The fraction of sp³-hybridized carbons (Fsp3) is 0.455. The minimum Gasteiger partial charge on any atom is -0.504 e. The van der Waals surface area contributed by atoms with Gasteiger partial charge < -0.3 is 9.84 Å². The van der Waals surface area contributed by atoms with E-state index in [2.05, 4.69) is 6.26 Å². The summed E-state index contributed by atoms with van der Waals surface area (Å²) >= 11 is 1.85. The fourth-order valence-corrected chi connectivity index (χ4v) is 1.73. The summed E-state index contributed by atoms with van der Waals surface area (Å²) in [4.78, 5) is 0. The second kappa shape index (κ2) is 5.81. The maximum atomic E-state index is 9.38. The maximum Gasteiger partial charge on any atom is 0.160 e. The van der Waals surface area contributed by atoms with E-state index in [-0.39, 0.29) is 5.75 Å². The topological polar surface area (TPSA) is 29.5 Å². The molecule has 0 saturated carbocycles. The molecule has 0 heterocycles. The van der Waals surface area contributed by atoms with Crippen LogP contribution < -0.4 is 4.74 Å². The van der Waals surface area contributed by atoms with Gasteiger partial charge in [-0.3, -0.25) is 0 Å². The molecule has 0 aliphatic carbocycles. The molecule has 1 aromatic rings. The van der Waals surface area contributed by atoms with E-state index in [0.29, 0.717) is 5.75 Å². The van der Waals surface area contributed by atoms with Gasteiger partial charge in [0.15, 0.2) is 11.5 Å². The number of hydrogen-bond donors (Lipinski definition) is 1. The Bertz CT molecular complexity index is 287. The third-order valence-corrected chi connectivity index (χ3v) is 2.75. The highest BCUT2D eigenvalue weighted by Crippen LogP contribution is 2.26. The molecular formula is C11H16O2S. The molecule has 0 fully saturated rings. The Morgan fingerprint density at radius 2 is 2.21 bits per heavy atom. The van der Waals surface area contributed by atoms with Crippen molar-refractivity contribution in [2.45, 2.75) is 12.8 Å². The van der Waals surface area contributed by atoms with Gasteiger partial charge in [0, 0.05) is 0 Å². The predicted molar refractivity (Wildman–Crippen MR) is 61.4 cm³/mol. The maximum absolute atomic E-state index is 9.38. The van der Waals surface area contributed by atoms with Gasteiger partial charge in [-0.1, -0.05) is 6.07 Å². The lowest BCUT2D eigenvalue weighted by Gasteiger charge is -2.06. The summed E-state index contributed by atoms with van der Waals surface area (Å²) in [6.45, 7) is 0. The van der Waals surface area contributed by atoms with E-state index >= 15 is 0 Å². The van der Waals surface area contributed by atoms with Crippen LogP contribution in [-0.2, 0) is 6.42 Å². The molecule has 1 N–H and O–H groups in total. The van der Waals surface area contributed by atoms with Crippen molar-refractivity contribution >= 4 is 11.8 Å². The summed E-state index contributed by atoms with van der Waals surface area (Å²) in [5.74, 6) is 1.94. The molecule has 0 saturated heterocycles. The first kappa shape index (κ1) is 11.2. The van der Waals surface area contributed by atoms with Crippen LogP contribution in [0.1, 0.15) is 12.0 Å². The molecule has 1 aromatic carbocycles. The third kappa shape index (κ3) is 3.14. The number of phenols is 1. The Kier molecular flexibility index (Phi) is 4.66. The first-order valence-electron chi connectivity index (χ1n) is 4.62. The number of rotatable bonds is 5. The molecular weight excluding hydrogens is 196 g/mol. The highest BCUT2D eigenvalue weighted by atomic mass is 32.2. The van der Waals surface area contributed by atoms with Crippen LogP contribution in [0.2, 0.25) is 0 Å². The van der Waals surface area contributed by atoms with Crippen LogP contribution in [0.25, 0.3) is 0 Å². The van der Waals surface area contributed by atoms with Crippen LogP contribution in [-0.4, -0.2) is 24.2 Å². The number of benzene rings is 1. The normalized spacial score (nSPS) is 10.1. The van der Waals surface area contributed by atoms with Crippen molar-refractivity contribution in [3.05, 3.63) is 23.8 Å². The van der Waals surface area contributed by atoms with Crippen LogP contribution in [0.15, 0.2) is 18.2 Å². The van der Waals surface area contributed by atoms with E-state index in [1.807, 2.05) is 23.9 Å². The highest BCUT2D eigenvalue weighted by Gasteiger charge is 2.01. The number of phenolic OH excluding ortho intramolecular Hbond substituents is 1. The second-order valence-electron chi connectivity index (χ2n) is 3.10. The van der Waals surface area contributed by atoms with Crippen LogP contribution in [0.3, 0.4) is 0 Å². The van der Waals surface area contributed by atoms with E-state index in [4.69, 9.17) is 4.74 Å². The zero-order valence-electron chi connectivity index (χ0n) is 8.62. The molecule has 0 aliphatic rings. The number of aromatic hydroxyl groups is 1. The van der Waals surface area contributed by atoms with Gasteiger partial charge in [-0.2, -0.15) is 11.8 Å². The van der Waals surface area contributed by atoms with Crippen molar-refractivity contribution in [1.29, 1.82) is 0 Å². The zero-order valence-corrected chi connectivity index (χ0v) is 9.43.